The third kappa shape index (κ3) is 3.99. The predicted molar refractivity (Wildman–Crippen MR) is 81.5 cm³/mol. The molecule has 23 heavy (non-hydrogen) atoms. The molecule has 0 aliphatic carbocycles. The summed E-state index contributed by atoms with van der Waals surface area (Å²) in [5, 5.41) is 0. The third-order valence-corrected chi connectivity index (χ3v) is 3.46. The Balaban J connectivity index is 2.30. The molecule has 1 fully saturated rings. The second-order valence-corrected chi connectivity index (χ2v) is 7.90. The number of fused-ring (bicyclic) bond motifs is 2. The van der Waals surface area contributed by atoms with Gasteiger partial charge in [-0.3, -0.25) is 14.4 Å². The van der Waals surface area contributed by atoms with Crippen molar-refractivity contribution in [1.82, 2.24) is 0 Å². The van der Waals surface area contributed by atoms with Gasteiger partial charge < -0.3 is 14.2 Å². The molecule has 0 radical (unpaired) electrons. The highest BCUT2D eigenvalue weighted by atomic mass is 16.6. The minimum absolute atomic E-state index is 0.330. The first-order valence-corrected chi connectivity index (χ1v) is 7.72. The van der Waals surface area contributed by atoms with Gasteiger partial charge in [-0.25, -0.2) is 0 Å². The molecule has 0 amide bonds. The second kappa shape index (κ2) is 5.74. The van der Waals surface area contributed by atoms with Crippen LogP contribution in [-0.4, -0.2) is 41.1 Å². The van der Waals surface area contributed by atoms with Crippen molar-refractivity contribution in [1.29, 1.82) is 0 Å². The maximum atomic E-state index is 12.5. The lowest BCUT2D eigenvalue weighted by Gasteiger charge is -2.27. The molecule has 0 unspecified atom stereocenters. The standard InChI is InChI=1S/C17H24O6/c1-16(2,3)22-14(19)11-10-8-7-9(18)13(21-10)12(11)15(20)23-17(4,5)6/h7-8,10-13H,1-6H3/t10-,11-,12+,13+/m1/s1. The highest BCUT2D eigenvalue weighted by Gasteiger charge is 2.57. The van der Waals surface area contributed by atoms with Crippen molar-refractivity contribution < 1.29 is 28.6 Å². The maximum Gasteiger partial charge on any atom is 0.313 e. The van der Waals surface area contributed by atoms with Crippen LogP contribution in [0.25, 0.3) is 0 Å². The van der Waals surface area contributed by atoms with Crippen LogP contribution in [0.4, 0.5) is 0 Å². The lowest BCUT2D eigenvalue weighted by molar-refractivity contribution is -0.172. The minimum atomic E-state index is -0.989. The Morgan fingerprint density at radius 2 is 1.43 bits per heavy atom. The van der Waals surface area contributed by atoms with Gasteiger partial charge in [0.15, 0.2) is 5.78 Å². The van der Waals surface area contributed by atoms with E-state index in [4.69, 9.17) is 14.2 Å². The van der Waals surface area contributed by atoms with E-state index in [1.165, 1.54) is 12.2 Å². The summed E-state index contributed by atoms with van der Waals surface area (Å²) < 4.78 is 16.4. The summed E-state index contributed by atoms with van der Waals surface area (Å²) in [6.45, 7) is 10.4. The van der Waals surface area contributed by atoms with Crippen LogP contribution in [0.3, 0.4) is 0 Å². The van der Waals surface area contributed by atoms with Crippen LogP contribution in [0.15, 0.2) is 12.2 Å². The van der Waals surface area contributed by atoms with Crippen molar-refractivity contribution in [3.05, 3.63) is 12.2 Å². The summed E-state index contributed by atoms with van der Waals surface area (Å²) >= 11 is 0. The second-order valence-electron chi connectivity index (χ2n) is 7.90. The van der Waals surface area contributed by atoms with Crippen molar-refractivity contribution in [3.63, 3.8) is 0 Å². The Kier molecular flexibility index (Phi) is 4.41. The zero-order valence-corrected chi connectivity index (χ0v) is 14.4. The molecule has 0 spiro atoms. The van der Waals surface area contributed by atoms with E-state index < -0.39 is 47.2 Å². The van der Waals surface area contributed by atoms with Gasteiger partial charge in [0, 0.05) is 0 Å². The number of ether oxygens (including phenoxy) is 3. The Hall–Kier alpha value is -1.69. The molecule has 0 aromatic heterocycles. The predicted octanol–water partition coefficient (Wildman–Crippen LogP) is 1.81. The van der Waals surface area contributed by atoms with Gasteiger partial charge >= 0.3 is 11.9 Å². The molecule has 2 aliphatic rings. The van der Waals surface area contributed by atoms with Crippen LogP contribution in [-0.2, 0) is 28.6 Å². The molecule has 6 nitrogen and oxygen atoms in total. The van der Waals surface area contributed by atoms with Gasteiger partial charge in [0.25, 0.3) is 0 Å². The number of carbonyl (C=O) groups is 3. The van der Waals surface area contributed by atoms with E-state index in [-0.39, 0.29) is 5.78 Å². The summed E-state index contributed by atoms with van der Waals surface area (Å²) in [5.41, 5.74) is -1.41. The average molecular weight is 324 g/mol. The fourth-order valence-corrected chi connectivity index (χ4v) is 2.72. The van der Waals surface area contributed by atoms with E-state index in [0.717, 1.165) is 0 Å². The van der Waals surface area contributed by atoms with Crippen LogP contribution in [0.1, 0.15) is 41.5 Å². The lowest BCUT2D eigenvalue weighted by atomic mass is 9.87. The van der Waals surface area contributed by atoms with E-state index in [9.17, 15) is 14.4 Å². The van der Waals surface area contributed by atoms with Crippen molar-refractivity contribution in [2.45, 2.75) is 65.0 Å². The lowest BCUT2D eigenvalue weighted by Crippen LogP contribution is -2.42. The molecule has 0 saturated carbocycles. The average Bonchev–Trinajstić information content (AvgIpc) is 2.65. The van der Waals surface area contributed by atoms with Gasteiger partial charge in [-0.2, -0.15) is 0 Å². The zero-order chi connectivity index (χ0) is 17.6. The molecule has 0 aromatic rings. The Bertz CT molecular complexity index is 548. The van der Waals surface area contributed by atoms with E-state index in [2.05, 4.69) is 0 Å². The molecule has 4 atom stereocenters. The largest absolute Gasteiger partial charge is 0.460 e. The third-order valence-electron chi connectivity index (χ3n) is 3.46. The van der Waals surface area contributed by atoms with Crippen molar-refractivity contribution >= 4 is 17.7 Å². The molecule has 1 saturated heterocycles. The zero-order valence-electron chi connectivity index (χ0n) is 14.4. The Labute approximate surface area is 136 Å². The number of hydrogen-bond acceptors (Lipinski definition) is 6. The molecule has 0 N–H and O–H groups in total. The highest BCUT2D eigenvalue weighted by molar-refractivity contribution is 6.00. The van der Waals surface area contributed by atoms with Crippen LogP contribution in [0.2, 0.25) is 0 Å². The van der Waals surface area contributed by atoms with Crippen LogP contribution >= 0.6 is 0 Å². The van der Waals surface area contributed by atoms with Gasteiger partial charge in [0.2, 0.25) is 0 Å². The number of esters is 2. The van der Waals surface area contributed by atoms with Crippen LogP contribution in [0, 0.1) is 11.8 Å². The fraction of sp³-hybridized carbons (Fsp3) is 0.706. The normalized spacial score (nSPS) is 30.3. The van der Waals surface area contributed by atoms with E-state index in [1.807, 2.05) is 0 Å². The first kappa shape index (κ1) is 17.7. The summed E-state index contributed by atoms with van der Waals surface area (Å²) in [4.78, 5) is 37.1. The first-order chi connectivity index (χ1) is 10.4. The van der Waals surface area contributed by atoms with Gasteiger partial charge in [0.05, 0.1) is 6.10 Å². The quantitative estimate of drug-likeness (QED) is 0.721. The number of rotatable bonds is 2. The Morgan fingerprint density at radius 3 is 1.91 bits per heavy atom. The van der Waals surface area contributed by atoms with Crippen molar-refractivity contribution in [2.75, 3.05) is 0 Å². The summed E-state index contributed by atoms with van der Waals surface area (Å²) in [5.74, 6) is -3.37. The summed E-state index contributed by atoms with van der Waals surface area (Å²) in [6.07, 6.45) is 1.24. The van der Waals surface area contributed by atoms with Gasteiger partial charge in [0.1, 0.15) is 29.1 Å². The van der Waals surface area contributed by atoms with Gasteiger partial charge in [-0.15, -0.1) is 0 Å². The monoisotopic (exact) mass is 324 g/mol. The fourth-order valence-electron chi connectivity index (χ4n) is 2.72. The highest BCUT2D eigenvalue weighted by Crippen LogP contribution is 2.40. The first-order valence-electron chi connectivity index (χ1n) is 7.72. The van der Waals surface area contributed by atoms with E-state index in [1.54, 1.807) is 41.5 Å². The number of hydrogen-bond donors (Lipinski definition) is 0. The molecule has 2 bridgehead atoms. The Morgan fingerprint density at radius 1 is 0.957 bits per heavy atom. The maximum absolute atomic E-state index is 12.5. The molecular weight excluding hydrogens is 300 g/mol. The molecular formula is C17H24O6. The van der Waals surface area contributed by atoms with Crippen LogP contribution in [0.5, 0.6) is 0 Å². The number of carbonyl (C=O) groups excluding carboxylic acids is 3. The molecule has 2 rings (SSSR count). The van der Waals surface area contributed by atoms with E-state index in [0.29, 0.717) is 0 Å². The summed E-state index contributed by atoms with van der Waals surface area (Å²) in [7, 11) is 0. The SMILES string of the molecule is CC(C)(C)OC(=O)[C@H]1[C@H](C(=O)OC(C)(C)C)[C@H]2O[C@@H]1C=CC2=O. The van der Waals surface area contributed by atoms with Crippen molar-refractivity contribution in [3.8, 4) is 0 Å². The molecule has 2 heterocycles. The topological polar surface area (TPSA) is 78.9 Å². The molecule has 0 aromatic carbocycles. The number of ketones is 1. The van der Waals surface area contributed by atoms with Gasteiger partial charge in [-0.05, 0) is 47.6 Å². The van der Waals surface area contributed by atoms with E-state index >= 15 is 0 Å². The van der Waals surface area contributed by atoms with Gasteiger partial charge in [-0.1, -0.05) is 6.08 Å². The minimum Gasteiger partial charge on any atom is -0.460 e. The molecule has 6 heteroatoms. The van der Waals surface area contributed by atoms with Crippen molar-refractivity contribution in [2.24, 2.45) is 11.8 Å². The van der Waals surface area contributed by atoms with Crippen LogP contribution < -0.4 is 0 Å². The smallest absolute Gasteiger partial charge is 0.313 e. The molecule has 2 aliphatic heterocycles. The summed E-state index contributed by atoms with van der Waals surface area (Å²) in [6, 6.07) is 0. The molecule has 128 valence electrons.